The van der Waals surface area contributed by atoms with Gasteiger partial charge in [0, 0.05) is 12.7 Å². The molecule has 3 aromatic rings. The molecule has 2 aromatic heterocycles. The molecule has 1 aromatic carbocycles. The van der Waals surface area contributed by atoms with Crippen LogP contribution in [0.15, 0.2) is 35.7 Å². The third-order valence-electron chi connectivity index (χ3n) is 3.10. The normalized spacial score (nSPS) is 10.8. The van der Waals surface area contributed by atoms with Gasteiger partial charge in [0.05, 0.1) is 22.4 Å². The zero-order valence-corrected chi connectivity index (χ0v) is 12.6. The van der Waals surface area contributed by atoms with Gasteiger partial charge in [-0.15, -0.1) is 16.4 Å². The standard InChI is InChI=1S/C15H15N3O2S/c1-3-20-15-11-9-10(6-7-12(11)18(2)17-15)16-14(19)13-5-4-8-21-13/h4-9H,3H2,1-2H3,(H,16,19). The molecule has 0 atom stereocenters. The lowest BCUT2D eigenvalue weighted by Crippen LogP contribution is -2.09. The first kappa shape index (κ1) is 13.6. The molecule has 0 radical (unpaired) electrons. The molecule has 5 nitrogen and oxygen atoms in total. The molecule has 1 amide bonds. The Morgan fingerprint density at radius 2 is 2.29 bits per heavy atom. The average molecular weight is 301 g/mol. The lowest BCUT2D eigenvalue weighted by atomic mass is 10.2. The molecule has 6 heteroatoms. The number of amides is 1. The molecule has 21 heavy (non-hydrogen) atoms. The van der Waals surface area contributed by atoms with Crippen LogP contribution in [0.4, 0.5) is 5.69 Å². The smallest absolute Gasteiger partial charge is 0.265 e. The lowest BCUT2D eigenvalue weighted by Gasteiger charge is -2.04. The van der Waals surface area contributed by atoms with E-state index in [9.17, 15) is 4.79 Å². The van der Waals surface area contributed by atoms with Gasteiger partial charge in [-0.1, -0.05) is 6.07 Å². The largest absolute Gasteiger partial charge is 0.476 e. The Balaban J connectivity index is 1.93. The predicted octanol–water partition coefficient (Wildman–Crippen LogP) is 3.29. The summed E-state index contributed by atoms with van der Waals surface area (Å²) in [6.07, 6.45) is 0. The van der Waals surface area contributed by atoms with Crippen LogP contribution in [-0.2, 0) is 7.05 Å². The van der Waals surface area contributed by atoms with Gasteiger partial charge < -0.3 is 10.1 Å². The Morgan fingerprint density at radius 3 is 3.00 bits per heavy atom. The number of hydrogen-bond donors (Lipinski definition) is 1. The molecular weight excluding hydrogens is 286 g/mol. The van der Waals surface area contributed by atoms with Crippen LogP contribution in [0.5, 0.6) is 5.88 Å². The highest BCUT2D eigenvalue weighted by atomic mass is 32.1. The number of carbonyl (C=O) groups is 1. The third kappa shape index (κ3) is 2.62. The summed E-state index contributed by atoms with van der Waals surface area (Å²) in [7, 11) is 1.87. The van der Waals surface area contributed by atoms with E-state index in [1.807, 2.05) is 43.6 Å². The number of carbonyl (C=O) groups excluding carboxylic acids is 1. The molecule has 0 saturated heterocycles. The van der Waals surface area contributed by atoms with Crippen molar-refractivity contribution >= 4 is 33.8 Å². The van der Waals surface area contributed by atoms with Crippen molar-refractivity contribution in [2.24, 2.45) is 7.05 Å². The van der Waals surface area contributed by atoms with E-state index in [0.29, 0.717) is 17.4 Å². The summed E-state index contributed by atoms with van der Waals surface area (Å²) in [6, 6.07) is 9.34. The van der Waals surface area contributed by atoms with Crippen LogP contribution < -0.4 is 10.1 Å². The molecule has 0 bridgehead atoms. The summed E-state index contributed by atoms with van der Waals surface area (Å²) in [5.74, 6) is 0.480. The number of aromatic nitrogens is 2. The van der Waals surface area contributed by atoms with Crippen molar-refractivity contribution in [3.8, 4) is 5.88 Å². The molecule has 0 aliphatic carbocycles. The Labute approximate surface area is 126 Å². The zero-order valence-electron chi connectivity index (χ0n) is 11.8. The second-order valence-corrected chi connectivity index (χ2v) is 5.47. The summed E-state index contributed by atoms with van der Waals surface area (Å²) in [6.45, 7) is 2.47. The van der Waals surface area contributed by atoms with E-state index in [1.54, 1.807) is 10.7 Å². The second-order valence-electron chi connectivity index (χ2n) is 4.53. The van der Waals surface area contributed by atoms with Crippen LogP contribution in [0.2, 0.25) is 0 Å². The van der Waals surface area contributed by atoms with Crippen LogP contribution in [0, 0.1) is 0 Å². The molecule has 0 aliphatic rings. The number of hydrogen-bond acceptors (Lipinski definition) is 4. The minimum atomic E-state index is -0.105. The van der Waals surface area contributed by atoms with Crippen molar-refractivity contribution in [3.63, 3.8) is 0 Å². The van der Waals surface area contributed by atoms with Gasteiger partial charge in [-0.2, -0.15) is 0 Å². The van der Waals surface area contributed by atoms with Gasteiger partial charge in [0.1, 0.15) is 0 Å². The molecule has 108 valence electrons. The molecule has 1 N–H and O–H groups in total. The molecule has 2 heterocycles. The Kier molecular flexibility index (Phi) is 3.62. The number of fused-ring (bicyclic) bond motifs is 1. The Hall–Kier alpha value is -2.34. The van der Waals surface area contributed by atoms with E-state index in [-0.39, 0.29) is 5.91 Å². The second kappa shape index (κ2) is 5.57. The maximum absolute atomic E-state index is 12.1. The van der Waals surface area contributed by atoms with Crippen molar-refractivity contribution in [3.05, 3.63) is 40.6 Å². The Bertz CT molecular complexity index is 778. The monoisotopic (exact) mass is 301 g/mol. The molecule has 0 aliphatic heterocycles. The number of nitrogens with one attached hydrogen (secondary N) is 1. The topological polar surface area (TPSA) is 56.1 Å². The summed E-state index contributed by atoms with van der Waals surface area (Å²) in [5, 5.41) is 10.0. The average Bonchev–Trinajstić information content (AvgIpc) is 3.09. The van der Waals surface area contributed by atoms with Crippen LogP contribution in [0.1, 0.15) is 16.6 Å². The van der Waals surface area contributed by atoms with Crippen molar-refractivity contribution < 1.29 is 9.53 Å². The van der Waals surface area contributed by atoms with E-state index in [0.717, 1.165) is 16.6 Å². The van der Waals surface area contributed by atoms with Crippen LogP contribution in [-0.4, -0.2) is 22.3 Å². The maximum atomic E-state index is 12.1. The van der Waals surface area contributed by atoms with Gasteiger partial charge in [-0.05, 0) is 36.6 Å². The summed E-state index contributed by atoms with van der Waals surface area (Å²) < 4.78 is 7.30. The van der Waals surface area contributed by atoms with E-state index in [1.165, 1.54) is 11.3 Å². The molecule has 0 saturated carbocycles. The van der Waals surface area contributed by atoms with E-state index in [2.05, 4.69) is 10.4 Å². The number of ether oxygens (including phenoxy) is 1. The van der Waals surface area contributed by atoms with Gasteiger partial charge >= 0.3 is 0 Å². The van der Waals surface area contributed by atoms with Gasteiger partial charge in [0.2, 0.25) is 5.88 Å². The van der Waals surface area contributed by atoms with Crippen molar-refractivity contribution in [1.82, 2.24) is 9.78 Å². The first-order valence-corrected chi connectivity index (χ1v) is 7.51. The molecule has 3 rings (SSSR count). The van der Waals surface area contributed by atoms with Crippen molar-refractivity contribution in [2.45, 2.75) is 6.92 Å². The molecule has 0 fully saturated rings. The third-order valence-corrected chi connectivity index (χ3v) is 3.97. The van der Waals surface area contributed by atoms with E-state index < -0.39 is 0 Å². The minimum absolute atomic E-state index is 0.105. The maximum Gasteiger partial charge on any atom is 0.265 e. The number of anilines is 1. The summed E-state index contributed by atoms with van der Waals surface area (Å²) >= 11 is 1.42. The van der Waals surface area contributed by atoms with Crippen LogP contribution in [0.25, 0.3) is 10.9 Å². The highest BCUT2D eigenvalue weighted by molar-refractivity contribution is 7.12. The number of nitrogens with zero attached hydrogens (tertiary/aromatic N) is 2. The number of rotatable bonds is 4. The minimum Gasteiger partial charge on any atom is -0.476 e. The van der Waals surface area contributed by atoms with Crippen LogP contribution in [0.3, 0.4) is 0 Å². The lowest BCUT2D eigenvalue weighted by molar-refractivity contribution is 0.103. The zero-order chi connectivity index (χ0) is 14.8. The summed E-state index contributed by atoms with van der Waals surface area (Å²) in [4.78, 5) is 12.8. The van der Waals surface area contributed by atoms with Gasteiger partial charge in [-0.25, -0.2) is 0 Å². The van der Waals surface area contributed by atoms with E-state index >= 15 is 0 Å². The highest BCUT2D eigenvalue weighted by Gasteiger charge is 2.12. The quantitative estimate of drug-likeness (QED) is 0.804. The fraction of sp³-hybridized carbons (Fsp3) is 0.200. The SMILES string of the molecule is CCOc1nn(C)c2ccc(NC(=O)c3cccs3)cc12. The molecule has 0 unspecified atom stereocenters. The first-order valence-electron chi connectivity index (χ1n) is 6.63. The van der Waals surface area contributed by atoms with E-state index in [4.69, 9.17) is 4.74 Å². The fourth-order valence-electron chi connectivity index (χ4n) is 2.16. The van der Waals surface area contributed by atoms with Crippen molar-refractivity contribution in [1.29, 1.82) is 0 Å². The fourth-order valence-corrected chi connectivity index (χ4v) is 2.77. The number of aryl methyl sites for hydroxylation is 1. The van der Waals surface area contributed by atoms with Gasteiger partial charge in [0.15, 0.2) is 0 Å². The number of thiophene rings is 1. The first-order chi connectivity index (χ1) is 10.2. The van der Waals surface area contributed by atoms with Crippen molar-refractivity contribution in [2.75, 3.05) is 11.9 Å². The molecule has 0 spiro atoms. The predicted molar refractivity (Wildman–Crippen MR) is 84.2 cm³/mol. The molecular formula is C15H15N3O2S. The Morgan fingerprint density at radius 1 is 1.43 bits per heavy atom. The van der Waals surface area contributed by atoms with Crippen LogP contribution >= 0.6 is 11.3 Å². The van der Waals surface area contributed by atoms with Gasteiger partial charge in [0.25, 0.3) is 5.91 Å². The summed E-state index contributed by atoms with van der Waals surface area (Å²) in [5.41, 5.74) is 1.70. The van der Waals surface area contributed by atoms with Gasteiger partial charge in [-0.3, -0.25) is 9.48 Å². The highest BCUT2D eigenvalue weighted by Crippen LogP contribution is 2.27. The number of benzene rings is 1.